The molecular formula is C11H22IN5O. The molecule has 104 valence electrons. The number of aromatic nitrogens is 2. The Morgan fingerprint density at radius 1 is 1.67 bits per heavy atom. The summed E-state index contributed by atoms with van der Waals surface area (Å²) in [6, 6.07) is 0.169. The Labute approximate surface area is 125 Å². The Hall–Kier alpha value is -0.830. The molecule has 18 heavy (non-hydrogen) atoms. The van der Waals surface area contributed by atoms with Gasteiger partial charge in [0.1, 0.15) is 0 Å². The number of nitrogens with zero attached hydrogens (tertiary/aromatic N) is 3. The van der Waals surface area contributed by atoms with Crippen molar-refractivity contribution >= 4 is 29.9 Å². The van der Waals surface area contributed by atoms with E-state index in [2.05, 4.69) is 15.4 Å². The normalized spacial score (nSPS) is 12.9. The Morgan fingerprint density at radius 3 is 2.94 bits per heavy atom. The minimum absolute atomic E-state index is 0. The average Bonchev–Trinajstić information content (AvgIpc) is 2.64. The molecule has 7 heteroatoms. The molecule has 1 aromatic rings. The molecule has 0 aliphatic carbocycles. The Morgan fingerprint density at radius 2 is 2.39 bits per heavy atom. The van der Waals surface area contributed by atoms with E-state index in [4.69, 9.17) is 10.5 Å². The Bertz CT molecular complexity index is 366. The lowest BCUT2D eigenvalue weighted by Crippen LogP contribution is -2.40. The molecule has 0 saturated heterocycles. The lowest BCUT2D eigenvalue weighted by Gasteiger charge is -2.12. The van der Waals surface area contributed by atoms with E-state index in [0.717, 1.165) is 12.0 Å². The first kappa shape index (κ1) is 17.2. The van der Waals surface area contributed by atoms with Crippen molar-refractivity contribution in [2.24, 2.45) is 17.8 Å². The molecule has 0 amide bonds. The molecule has 0 radical (unpaired) electrons. The van der Waals surface area contributed by atoms with E-state index in [0.29, 0.717) is 19.1 Å². The van der Waals surface area contributed by atoms with Crippen molar-refractivity contribution in [3.63, 3.8) is 0 Å². The smallest absolute Gasteiger partial charge is 0.188 e. The van der Waals surface area contributed by atoms with E-state index in [1.807, 2.05) is 26.4 Å². The Kier molecular flexibility index (Phi) is 8.73. The summed E-state index contributed by atoms with van der Waals surface area (Å²) in [4.78, 5) is 4.24. The largest absolute Gasteiger partial charge is 0.383 e. The van der Waals surface area contributed by atoms with Crippen LogP contribution >= 0.6 is 24.0 Å². The number of methoxy groups -OCH3 is 1. The molecule has 1 aromatic heterocycles. The van der Waals surface area contributed by atoms with Crippen LogP contribution in [0.2, 0.25) is 0 Å². The van der Waals surface area contributed by atoms with Crippen molar-refractivity contribution in [3.05, 3.63) is 18.0 Å². The number of ether oxygens (including phenoxy) is 1. The molecule has 0 aliphatic rings. The number of rotatable bonds is 6. The highest BCUT2D eigenvalue weighted by molar-refractivity contribution is 14.0. The van der Waals surface area contributed by atoms with E-state index in [1.165, 1.54) is 0 Å². The zero-order valence-corrected chi connectivity index (χ0v) is 13.4. The van der Waals surface area contributed by atoms with Gasteiger partial charge < -0.3 is 15.8 Å². The molecule has 0 aliphatic heterocycles. The topological polar surface area (TPSA) is 77.5 Å². The minimum atomic E-state index is 0. The number of guanidine groups is 1. The van der Waals surface area contributed by atoms with Crippen molar-refractivity contribution in [2.75, 3.05) is 20.3 Å². The number of aryl methyl sites for hydroxylation is 1. The van der Waals surface area contributed by atoms with Crippen LogP contribution in [0.5, 0.6) is 0 Å². The number of nitrogens with one attached hydrogen (secondary N) is 1. The maximum absolute atomic E-state index is 5.74. The fraction of sp³-hybridized carbons (Fsp3) is 0.636. The molecule has 6 nitrogen and oxygen atoms in total. The van der Waals surface area contributed by atoms with E-state index >= 15 is 0 Å². The number of hydrogen-bond donors (Lipinski definition) is 2. The molecule has 3 N–H and O–H groups in total. The van der Waals surface area contributed by atoms with Crippen molar-refractivity contribution in [1.29, 1.82) is 0 Å². The molecular weight excluding hydrogens is 345 g/mol. The molecule has 0 bridgehead atoms. The molecule has 1 atom stereocenters. The zero-order chi connectivity index (χ0) is 12.7. The molecule has 0 fully saturated rings. The molecule has 0 saturated carbocycles. The van der Waals surface area contributed by atoms with Gasteiger partial charge in [-0.2, -0.15) is 5.10 Å². The molecule has 0 aromatic carbocycles. The van der Waals surface area contributed by atoms with Crippen molar-refractivity contribution in [1.82, 2.24) is 15.1 Å². The van der Waals surface area contributed by atoms with Gasteiger partial charge in [-0.05, 0) is 18.9 Å². The van der Waals surface area contributed by atoms with Crippen LogP contribution in [0, 0.1) is 0 Å². The second-order valence-electron chi connectivity index (χ2n) is 4.04. The fourth-order valence-electron chi connectivity index (χ4n) is 1.50. The highest BCUT2D eigenvalue weighted by atomic mass is 127. The summed E-state index contributed by atoms with van der Waals surface area (Å²) in [5.74, 6) is 0.457. The van der Waals surface area contributed by atoms with Gasteiger partial charge in [-0.3, -0.25) is 9.67 Å². The summed E-state index contributed by atoms with van der Waals surface area (Å²) in [5, 5.41) is 7.15. The molecule has 1 rings (SSSR count). The monoisotopic (exact) mass is 367 g/mol. The van der Waals surface area contributed by atoms with Gasteiger partial charge in [-0.25, -0.2) is 0 Å². The number of aliphatic imine (C=N–C) groups is 1. The van der Waals surface area contributed by atoms with Crippen LogP contribution in [-0.4, -0.2) is 42.0 Å². The first-order valence-electron chi connectivity index (χ1n) is 5.64. The second kappa shape index (κ2) is 9.15. The third-order valence-electron chi connectivity index (χ3n) is 2.25. The van der Waals surface area contributed by atoms with Gasteiger partial charge in [-0.15, -0.1) is 24.0 Å². The third kappa shape index (κ3) is 6.80. The number of hydrogen-bond acceptors (Lipinski definition) is 3. The van der Waals surface area contributed by atoms with Crippen LogP contribution < -0.4 is 11.1 Å². The van der Waals surface area contributed by atoms with Gasteiger partial charge in [0.25, 0.3) is 0 Å². The molecule has 0 spiro atoms. The van der Waals surface area contributed by atoms with Crippen LogP contribution in [0.3, 0.4) is 0 Å². The van der Waals surface area contributed by atoms with Gasteiger partial charge >= 0.3 is 0 Å². The third-order valence-corrected chi connectivity index (χ3v) is 2.25. The van der Waals surface area contributed by atoms with Gasteiger partial charge in [0.05, 0.1) is 12.8 Å². The predicted octanol–water partition coefficient (Wildman–Crippen LogP) is 0.520. The highest BCUT2D eigenvalue weighted by Crippen LogP contribution is 1.97. The van der Waals surface area contributed by atoms with Crippen LogP contribution in [0.15, 0.2) is 17.4 Å². The molecule has 1 heterocycles. The van der Waals surface area contributed by atoms with E-state index < -0.39 is 0 Å². The van der Waals surface area contributed by atoms with Crippen LogP contribution in [0.4, 0.5) is 0 Å². The fourth-order valence-corrected chi connectivity index (χ4v) is 1.50. The first-order chi connectivity index (χ1) is 8.11. The standard InChI is InChI=1S/C11H21N5O.HI/c1-9(8-17-3)15-11(12)13-5-4-10-6-14-16(2)7-10;/h6-7,9H,4-5,8H2,1-3H3,(H3,12,13,15);1H. The first-order valence-corrected chi connectivity index (χ1v) is 5.64. The minimum Gasteiger partial charge on any atom is -0.383 e. The number of nitrogens with two attached hydrogens (primary N) is 1. The summed E-state index contributed by atoms with van der Waals surface area (Å²) in [5.41, 5.74) is 6.90. The second-order valence-corrected chi connectivity index (χ2v) is 4.04. The summed E-state index contributed by atoms with van der Waals surface area (Å²) in [6.45, 7) is 3.26. The number of halogens is 1. The molecule has 1 unspecified atom stereocenters. The summed E-state index contributed by atoms with van der Waals surface area (Å²) >= 11 is 0. The van der Waals surface area contributed by atoms with Crippen LogP contribution in [0.1, 0.15) is 12.5 Å². The van der Waals surface area contributed by atoms with Crippen LogP contribution in [0.25, 0.3) is 0 Å². The van der Waals surface area contributed by atoms with E-state index in [-0.39, 0.29) is 30.0 Å². The maximum Gasteiger partial charge on any atom is 0.188 e. The van der Waals surface area contributed by atoms with Crippen molar-refractivity contribution in [3.8, 4) is 0 Å². The van der Waals surface area contributed by atoms with Gasteiger partial charge in [0, 0.05) is 32.9 Å². The SMILES string of the molecule is COCC(C)NC(N)=NCCc1cnn(C)c1.I. The van der Waals surface area contributed by atoms with E-state index in [9.17, 15) is 0 Å². The maximum atomic E-state index is 5.74. The summed E-state index contributed by atoms with van der Waals surface area (Å²) < 4.78 is 6.78. The quantitative estimate of drug-likeness (QED) is 0.437. The van der Waals surface area contributed by atoms with Gasteiger partial charge in [0.15, 0.2) is 5.96 Å². The van der Waals surface area contributed by atoms with Gasteiger partial charge in [0.2, 0.25) is 0 Å². The summed E-state index contributed by atoms with van der Waals surface area (Å²) in [7, 11) is 3.56. The lowest BCUT2D eigenvalue weighted by molar-refractivity contribution is 0.179. The summed E-state index contributed by atoms with van der Waals surface area (Å²) in [6.07, 6.45) is 4.66. The van der Waals surface area contributed by atoms with E-state index in [1.54, 1.807) is 11.8 Å². The highest BCUT2D eigenvalue weighted by Gasteiger charge is 2.01. The van der Waals surface area contributed by atoms with Gasteiger partial charge in [-0.1, -0.05) is 0 Å². The predicted molar refractivity (Wildman–Crippen MR) is 83.3 cm³/mol. The zero-order valence-electron chi connectivity index (χ0n) is 11.1. The van der Waals surface area contributed by atoms with Crippen molar-refractivity contribution < 1.29 is 4.74 Å². The van der Waals surface area contributed by atoms with Crippen LogP contribution in [-0.2, 0) is 18.2 Å². The average molecular weight is 367 g/mol. The Balaban J connectivity index is 0.00000289. The lowest BCUT2D eigenvalue weighted by atomic mass is 10.3. The van der Waals surface area contributed by atoms with Crippen molar-refractivity contribution in [2.45, 2.75) is 19.4 Å².